The van der Waals surface area contributed by atoms with Crippen molar-refractivity contribution in [2.45, 2.75) is 13.2 Å². The molecule has 6 heteroatoms. The van der Waals surface area contributed by atoms with Crippen LogP contribution in [0.5, 0.6) is 23.0 Å². The van der Waals surface area contributed by atoms with Gasteiger partial charge in [0.25, 0.3) is 0 Å². The highest BCUT2D eigenvalue weighted by atomic mass is 16.5. The van der Waals surface area contributed by atoms with E-state index >= 15 is 0 Å². The van der Waals surface area contributed by atoms with Gasteiger partial charge < -0.3 is 18.9 Å². The molecule has 0 N–H and O–H groups in total. The number of nitriles is 2. The van der Waals surface area contributed by atoms with Crippen molar-refractivity contribution in [2.75, 3.05) is 14.2 Å². The molecule has 0 unspecified atom stereocenters. The largest absolute Gasteiger partial charge is 0.493 e. The summed E-state index contributed by atoms with van der Waals surface area (Å²) < 4.78 is 22.2. The number of benzene rings is 3. The minimum absolute atomic E-state index is 0.368. The fourth-order valence-corrected chi connectivity index (χ4v) is 2.77. The van der Waals surface area contributed by atoms with Gasteiger partial charge >= 0.3 is 0 Å². The van der Waals surface area contributed by atoms with E-state index in [2.05, 4.69) is 12.1 Å². The third-order valence-corrected chi connectivity index (χ3v) is 4.40. The lowest BCUT2D eigenvalue weighted by Crippen LogP contribution is -2.00. The Balaban J connectivity index is 1.60. The average molecular weight is 400 g/mol. The molecule has 0 aliphatic rings. The molecule has 0 heterocycles. The molecule has 3 aromatic rings. The van der Waals surface area contributed by atoms with Crippen molar-refractivity contribution in [1.82, 2.24) is 0 Å². The van der Waals surface area contributed by atoms with Crippen LogP contribution < -0.4 is 18.9 Å². The minimum Gasteiger partial charge on any atom is -0.493 e. The van der Waals surface area contributed by atoms with Crippen LogP contribution in [0.2, 0.25) is 0 Å². The van der Waals surface area contributed by atoms with Crippen LogP contribution in [0.4, 0.5) is 0 Å². The van der Waals surface area contributed by atoms with Crippen LogP contribution in [0, 0.1) is 22.7 Å². The summed E-state index contributed by atoms with van der Waals surface area (Å²) in [7, 11) is 3.09. The smallest absolute Gasteiger partial charge is 0.162 e. The van der Waals surface area contributed by atoms with Crippen LogP contribution in [0.3, 0.4) is 0 Å². The van der Waals surface area contributed by atoms with Crippen LogP contribution in [0.25, 0.3) is 0 Å². The van der Waals surface area contributed by atoms with Gasteiger partial charge in [0.05, 0.1) is 37.5 Å². The molecule has 0 bridgehead atoms. The lowest BCUT2D eigenvalue weighted by atomic mass is 10.1. The molecule has 0 saturated carbocycles. The molecule has 3 rings (SSSR count). The standard InChI is InChI=1S/C24H20N2O4/c1-27-23-11-19(13-25)7-9-21(23)29-15-17-3-5-18(6-4-17)16-30-22-10-8-20(14-26)12-24(22)28-2/h3-12H,15-16H2,1-2H3. The van der Waals surface area contributed by atoms with E-state index in [4.69, 9.17) is 29.5 Å². The van der Waals surface area contributed by atoms with E-state index in [-0.39, 0.29) is 0 Å². The molecule has 0 aliphatic carbocycles. The summed E-state index contributed by atoms with van der Waals surface area (Å²) in [6.45, 7) is 0.736. The summed E-state index contributed by atoms with van der Waals surface area (Å²) in [6, 6.07) is 22.1. The maximum Gasteiger partial charge on any atom is 0.162 e. The van der Waals surface area contributed by atoms with Gasteiger partial charge in [0.1, 0.15) is 13.2 Å². The maximum atomic E-state index is 8.98. The first-order chi connectivity index (χ1) is 14.7. The number of methoxy groups -OCH3 is 2. The third-order valence-electron chi connectivity index (χ3n) is 4.40. The topological polar surface area (TPSA) is 84.5 Å². The average Bonchev–Trinajstić information content (AvgIpc) is 2.81. The normalized spacial score (nSPS) is 9.87. The SMILES string of the molecule is COc1cc(C#N)ccc1OCc1ccc(COc2ccc(C#N)cc2OC)cc1. The molecule has 30 heavy (non-hydrogen) atoms. The lowest BCUT2D eigenvalue weighted by Gasteiger charge is -2.12. The summed E-state index contributed by atoms with van der Waals surface area (Å²) in [6.07, 6.45) is 0. The summed E-state index contributed by atoms with van der Waals surface area (Å²) in [5.74, 6) is 2.21. The number of hydrogen-bond acceptors (Lipinski definition) is 6. The number of nitrogens with zero attached hydrogens (tertiary/aromatic N) is 2. The maximum absolute atomic E-state index is 8.98. The van der Waals surface area contributed by atoms with Gasteiger partial charge in [-0.05, 0) is 35.4 Å². The molecular formula is C24H20N2O4. The van der Waals surface area contributed by atoms with E-state index in [0.29, 0.717) is 47.3 Å². The predicted octanol–water partition coefficient (Wildman–Crippen LogP) is 4.61. The second-order valence-electron chi connectivity index (χ2n) is 6.35. The van der Waals surface area contributed by atoms with Gasteiger partial charge in [0.15, 0.2) is 23.0 Å². The molecule has 0 spiro atoms. The van der Waals surface area contributed by atoms with Gasteiger partial charge in [-0.1, -0.05) is 24.3 Å². The molecule has 0 atom stereocenters. The van der Waals surface area contributed by atoms with Gasteiger partial charge in [-0.15, -0.1) is 0 Å². The minimum atomic E-state index is 0.368. The Labute approximate surface area is 175 Å². The quantitative estimate of drug-likeness (QED) is 0.549. The third kappa shape index (κ3) is 5.01. The van der Waals surface area contributed by atoms with Crippen LogP contribution >= 0.6 is 0 Å². The fraction of sp³-hybridized carbons (Fsp3) is 0.167. The summed E-state index contributed by atoms with van der Waals surface area (Å²) in [5.41, 5.74) is 3.01. The van der Waals surface area contributed by atoms with Crippen LogP contribution in [-0.2, 0) is 13.2 Å². The first kappa shape index (κ1) is 20.6. The Morgan fingerprint density at radius 2 is 1.00 bits per heavy atom. The van der Waals surface area contributed by atoms with Gasteiger partial charge in [0, 0.05) is 12.1 Å². The Morgan fingerprint density at radius 1 is 0.600 bits per heavy atom. The van der Waals surface area contributed by atoms with E-state index in [1.165, 1.54) is 0 Å². The second kappa shape index (κ2) is 9.86. The molecule has 150 valence electrons. The van der Waals surface area contributed by atoms with Gasteiger partial charge in [0.2, 0.25) is 0 Å². The fourth-order valence-electron chi connectivity index (χ4n) is 2.77. The molecular weight excluding hydrogens is 380 g/mol. The van der Waals surface area contributed by atoms with Crippen LogP contribution in [-0.4, -0.2) is 14.2 Å². The van der Waals surface area contributed by atoms with E-state index < -0.39 is 0 Å². The second-order valence-corrected chi connectivity index (χ2v) is 6.35. The highest BCUT2D eigenvalue weighted by molar-refractivity contribution is 5.47. The zero-order chi connectivity index (χ0) is 21.3. The predicted molar refractivity (Wildman–Crippen MR) is 111 cm³/mol. The molecule has 0 fully saturated rings. The Morgan fingerprint density at radius 3 is 1.33 bits per heavy atom. The van der Waals surface area contributed by atoms with Crippen LogP contribution in [0.1, 0.15) is 22.3 Å². The van der Waals surface area contributed by atoms with E-state index in [1.807, 2.05) is 24.3 Å². The molecule has 0 aliphatic heterocycles. The van der Waals surface area contributed by atoms with Gasteiger partial charge in [-0.2, -0.15) is 10.5 Å². The molecule has 0 amide bonds. The first-order valence-electron chi connectivity index (χ1n) is 9.16. The van der Waals surface area contributed by atoms with E-state index in [9.17, 15) is 0 Å². The van der Waals surface area contributed by atoms with Gasteiger partial charge in [-0.25, -0.2) is 0 Å². The Bertz CT molecular complexity index is 1010. The van der Waals surface area contributed by atoms with E-state index in [0.717, 1.165) is 11.1 Å². The zero-order valence-electron chi connectivity index (χ0n) is 16.7. The first-order valence-corrected chi connectivity index (χ1v) is 9.16. The summed E-state index contributed by atoms with van der Waals surface area (Å²) in [5, 5.41) is 18.0. The Hall–Kier alpha value is -4.16. The lowest BCUT2D eigenvalue weighted by molar-refractivity contribution is 0.281. The van der Waals surface area contributed by atoms with Crippen LogP contribution in [0.15, 0.2) is 60.7 Å². The van der Waals surface area contributed by atoms with Gasteiger partial charge in [-0.3, -0.25) is 0 Å². The number of ether oxygens (including phenoxy) is 4. The van der Waals surface area contributed by atoms with Crippen molar-refractivity contribution in [3.8, 4) is 35.1 Å². The summed E-state index contributed by atoms with van der Waals surface area (Å²) in [4.78, 5) is 0. The van der Waals surface area contributed by atoms with Crippen molar-refractivity contribution < 1.29 is 18.9 Å². The molecule has 0 radical (unpaired) electrons. The van der Waals surface area contributed by atoms with Crippen molar-refractivity contribution in [3.63, 3.8) is 0 Å². The Kier molecular flexibility index (Phi) is 6.76. The number of rotatable bonds is 8. The molecule has 0 saturated heterocycles. The van der Waals surface area contributed by atoms with Crippen molar-refractivity contribution >= 4 is 0 Å². The molecule has 0 aromatic heterocycles. The van der Waals surface area contributed by atoms with E-state index in [1.54, 1.807) is 50.6 Å². The molecule has 6 nitrogen and oxygen atoms in total. The van der Waals surface area contributed by atoms with Crippen molar-refractivity contribution in [2.24, 2.45) is 0 Å². The molecule has 3 aromatic carbocycles. The number of hydrogen-bond donors (Lipinski definition) is 0. The monoisotopic (exact) mass is 400 g/mol. The summed E-state index contributed by atoms with van der Waals surface area (Å²) >= 11 is 0. The van der Waals surface area contributed by atoms with Crippen molar-refractivity contribution in [1.29, 1.82) is 10.5 Å². The van der Waals surface area contributed by atoms with Crippen molar-refractivity contribution in [3.05, 3.63) is 82.9 Å². The zero-order valence-corrected chi connectivity index (χ0v) is 16.7. The highest BCUT2D eigenvalue weighted by Crippen LogP contribution is 2.30. The highest BCUT2D eigenvalue weighted by Gasteiger charge is 2.08.